The molecule has 6 nitrogen and oxygen atoms in total. The molecule has 0 aliphatic carbocycles. The van der Waals surface area contributed by atoms with Gasteiger partial charge in [0.05, 0.1) is 10.5 Å². The molecule has 3 rings (SSSR count). The average Bonchev–Trinajstić information content (AvgIpc) is 2.97. The highest BCUT2D eigenvalue weighted by Crippen LogP contribution is 2.20. The molecule has 0 aromatic heterocycles. The monoisotopic (exact) mass is 446 g/mol. The molecule has 0 spiro atoms. The molecule has 0 unspecified atom stereocenters. The van der Waals surface area contributed by atoms with E-state index in [1.807, 2.05) is 24.3 Å². The lowest BCUT2D eigenvalue weighted by Gasteiger charge is -1.98. The van der Waals surface area contributed by atoms with Crippen LogP contribution in [0.4, 0.5) is 5.69 Å². The van der Waals surface area contributed by atoms with E-state index in [9.17, 15) is 14.9 Å². The summed E-state index contributed by atoms with van der Waals surface area (Å²) in [7, 11) is 0. The van der Waals surface area contributed by atoms with Crippen molar-refractivity contribution in [3.63, 3.8) is 0 Å². The normalized spacial score (nSPS) is 15.5. The fourth-order valence-electron chi connectivity index (χ4n) is 2.18. The Hall–Kier alpha value is -2.81. The summed E-state index contributed by atoms with van der Waals surface area (Å²) in [5.41, 5.74) is 1.29. The van der Waals surface area contributed by atoms with Crippen LogP contribution in [0.1, 0.15) is 11.1 Å². The number of hydrogen-bond donors (Lipinski definition) is 0. The van der Waals surface area contributed by atoms with Crippen LogP contribution in [0.5, 0.6) is 0 Å². The van der Waals surface area contributed by atoms with E-state index in [1.165, 1.54) is 12.1 Å². The average molecular weight is 446 g/mol. The van der Waals surface area contributed by atoms with Crippen LogP contribution in [0.25, 0.3) is 6.08 Å². The highest BCUT2D eigenvalue weighted by atomic mass is 127. The van der Waals surface area contributed by atoms with E-state index >= 15 is 0 Å². The summed E-state index contributed by atoms with van der Waals surface area (Å²) in [6, 6.07) is 13.8. The van der Waals surface area contributed by atoms with Gasteiger partial charge < -0.3 is 4.74 Å². The van der Waals surface area contributed by atoms with Gasteiger partial charge in [-0.15, -0.1) is 0 Å². The van der Waals surface area contributed by atoms with Crippen molar-refractivity contribution in [2.45, 2.75) is 0 Å². The van der Waals surface area contributed by atoms with Crippen molar-refractivity contribution in [2.24, 2.45) is 4.99 Å². The Morgan fingerprint density at radius 1 is 1.12 bits per heavy atom. The van der Waals surface area contributed by atoms with Crippen LogP contribution >= 0.6 is 22.6 Å². The van der Waals surface area contributed by atoms with Gasteiger partial charge in [0.2, 0.25) is 5.90 Å². The Morgan fingerprint density at radius 3 is 2.56 bits per heavy atom. The molecule has 2 aromatic carbocycles. The van der Waals surface area contributed by atoms with E-state index < -0.39 is 10.9 Å². The predicted molar refractivity (Wildman–Crippen MR) is 102 cm³/mol. The number of nitro benzene ring substituents is 1. The van der Waals surface area contributed by atoms with Crippen molar-refractivity contribution in [3.8, 4) is 0 Å². The standard InChI is InChI=1S/C18H11IN2O4/c19-14-10-8-13(9-11-14)17-20-15(18(22)25-17)6-3-5-12-4-1-2-7-16(12)21(23)24/h1-11H/b5-3-,15-6+. The van der Waals surface area contributed by atoms with Crippen molar-refractivity contribution in [3.05, 3.63) is 91.2 Å². The van der Waals surface area contributed by atoms with E-state index in [0.717, 1.165) is 3.57 Å². The minimum Gasteiger partial charge on any atom is -0.402 e. The van der Waals surface area contributed by atoms with Gasteiger partial charge in [-0.25, -0.2) is 9.79 Å². The molecule has 0 saturated heterocycles. The van der Waals surface area contributed by atoms with Gasteiger partial charge in [-0.2, -0.15) is 0 Å². The van der Waals surface area contributed by atoms with Gasteiger partial charge in [0.25, 0.3) is 5.69 Å². The summed E-state index contributed by atoms with van der Waals surface area (Å²) >= 11 is 2.18. The Bertz CT molecular complexity index is 930. The highest BCUT2D eigenvalue weighted by molar-refractivity contribution is 14.1. The number of halogens is 1. The van der Waals surface area contributed by atoms with Gasteiger partial charge in [-0.1, -0.05) is 18.2 Å². The molecule has 0 bridgehead atoms. The Kier molecular flexibility index (Phi) is 5.03. The fraction of sp³-hybridized carbons (Fsp3) is 0. The SMILES string of the molecule is O=C1OC(c2ccc(I)cc2)=N/C1=C/C=C\c1ccccc1[N+](=O)[O-]. The lowest BCUT2D eigenvalue weighted by atomic mass is 10.1. The Labute approximate surface area is 156 Å². The van der Waals surface area contributed by atoms with Crippen molar-refractivity contribution >= 4 is 46.2 Å². The van der Waals surface area contributed by atoms with Crippen LogP contribution in [-0.2, 0) is 9.53 Å². The molecule has 0 radical (unpaired) electrons. The van der Waals surface area contributed by atoms with Crippen LogP contribution in [-0.4, -0.2) is 16.8 Å². The Balaban J connectivity index is 1.83. The predicted octanol–water partition coefficient (Wildman–Crippen LogP) is 4.10. The quantitative estimate of drug-likeness (QED) is 0.233. The summed E-state index contributed by atoms with van der Waals surface area (Å²) in [5, 5.41) is 11.0. The molecule has 1 heterocycles. The zero-order chi connectivity index (χ0) is 17.8. The topological polar surface area (TPSA) is 81.8 Å². The van der Waals surface area contributed by atoms with Crippen molar-refractivity contribution in [1.29, 1.82) is 0 Å². The second-order valence-corrected chi connectivity index (χ2v) is 6.29. The van der Waals surface area contributed by atoms with E-state index in [2.05, 4.69) is 27.6 Å². The molecule has 0 saturated carbocycles. The van der Waals surface area contributed by atoms with Crippen LogP contribution in [0.2, 0.25) is 0 Å². The molecule has 7 heteroatoms. The lowest BCUT2D eigenvalue weighted by Crippen LogP contribution is -2.05. The molecular formula is C18H11IN2O4. The summed E-state index contributed by atoms with van der Waals surface area (Å²) in [6.45, 7) is 0. The number of cyclic esters (lactones) is 1. The van der Waals surface area contributed by atoms with E-state index in [4.69, 9.17) is 4.74 Å². The molecule has 25 heavy (non-hydrogen) atoms. The number of carbonyl (C=O) groups excluding carboxylic acids is 1. The number of carbonyl (C=O) groups is 1. The zero-order valence-corrected chi connectivity index (χ0v) is 14.9. The van der Waals surface area contributed by atoms with Gasteiger partial charge in [0.1, 0.15) is 0 Å². The van der Waals surface area contributed by atoms with Crippen LogP contribution in [0.3, 0.4) is 0 Å². The Morgan fingerprint density at radius 2 is 1.84 bits per heavy atom. The number of nitro groups is 1. The third-order valence-electron chi connectivity index (χ3n) is 3.38. The molecule has 0 N–H and O–H groups in total. The zero-order valence-electron chi connectivity index (χ0n) is 12.8. The number of nitrogens with zero attached hydrogens (tertiary/aromatic N) is 2. The fourth-order valence-corrected chi connectivity index (χ4v) is 2.54. The minimum absolute atomic E-state index is 0.00535. The first-order valence-corrected chi connectivity index (χ1v) is 8.31. The minimum atomic E-state index is -0.555. The van der Waals surface area contributed by atoms with Gasteiger partial charge in [0.15, 0.2) is 5.70 Å². The van der Waals surface area contributed by atoms with E-state index in [0.29, 0.717) is 11.1 Å². The number of para-hydroxylation sites is 1. The molecule has 0 fully saturated rings. The molecular weight excluding hydrogens is 435 g/mol. The number of ether oxygens (including phenoxy) is 1. The molecule has 2 aromatic rings. The van der Waals surface area contributed by atoms with Crippen LogP contribution < -0.4 is 0 Å². The second kappa shape index (κ2) is 7.39. The summed E-state index contributed by atoms with van der Waals surface area (Å²) < 4.78 is 6.23. The smallest absolute Gasteiger partial charge is 0.363 e. The maximum atomic E-state index is 11.9. The number of aliphatic imine (C=N–C) groups is 1. The first kappa shape index (κ1) is 17.0. The summed E-state index contributed by atoms with van der Waals surface area (Å²) in [4.78, 5) is 26.6. The maximum absolute atomic E-state index is 11.9. The molecule has 1 aliphatic heterocycles. The molecule has 0 amide bonds. The van der Waals surface area contributed by atoms with Crippen molar-refractivity contribution in [2.75, 3.05) is 0 Å². The number of esters is 1. The number of benzene rings is 2. The third-order valence-corrected chi connectivity index (χ3v) is 4.09. The maximum Gasteiger partial charge on any atom is 0.363 e. The molecule has 0 atom stereocenters. The second-order valence-electron chi connectivity index (χ2n) is 5.04. The van der Waals surface area contributed by atoms with Crippen LogP contribution in [0, 0.1) is 13.7 Å². The summed E-state index contributed by atoms with van der Waals surface area (Å²) in [5.74, 6) is -0.312. The van der Waals surface area contributed by atoms with Crippen LogP contribution in [0.15, 0.2) is 71.4 Å². The first-order chi connectivity index (χ1) is 12.0. The largest absolute Gasteiger partial charge is 0.402 e. The molecule has 124 valence electrons. The number of hydrogen-bond acceptors (Lipinski definition) is 5. The van der Waals surface area contributed by atoms with E-state index in [-0.39, 0.29) is 17.3 Å². The van der Waals surface area contributed by atoms with Crippen molar-refractivity contribution in [1.82, 2.24) is 0 Å². The molecule has 1 aliphatic rings. The van der Waals surface area contributed by atoms with Gasteiger partial charge >= 0.3 is 5.97 Å². The van der Waals surface area contributed by atoms with Gasteiger partial charge in [-0.3, -0.25) is 10.1 Å². The third kappa shape index (κ3) is 4.00. The number of rotatable bonds is 4. The van der Waals surface area contributed by atoms with E-state index in [1.54, 1.807) is 30.4 Å². The number of allylic oxidation sites excluding steroid dienone is 2. The lowest BCUT2D eigenvalue weighted by molar-refractivity contribution is -0.385. The van der Waals surface area contributed by atoms with Crippen molar-refractivity contribution < 1.29 is 14.5 Å². The van der Waals surface area contributed by atoms with Gasteiger partial charge in [0, 0.05) is 15.2 Å². The highest BCUT2D eigenvalue weighted by Gasteiger charge is 2.23. The first-order valence-electron chi connectivity index (χ1n) is 7.23. The van der Waals surface area contributed by atoms with Gasteiger partial charge in [-0.05, 0) is 65.1 Å². The summed E-state index contributed by atoms with van der Waals surface area (Å²) in [6.07, 6.45) is 4.56.